The van der Waals surface area contributed by atoms with Gasteiger partial charge in [0, 0.05) is 36.8 Å². The van der Waals surface area contributed by atoms with Crippen LogP contribution in [0.5, 0.6) is 0 Å². The standard InChI is InChI=1S/C29H33N5O3/c1-29(2,3)28(37)34(17-22-8-5-4-7-21(22)16-30)18-26(36)32-24-11-10-19-13-20-9-6-12-31-27(20)33-25(35)15-23(19)14-24/h4-12,14H,13,15-18,30H2,1-3H3,(H,32,36)(H,31,33,35). The zero-order valence-corrected chi connectivity index (χ0v) is 21.5. The molecular formula is C29H33N5O3. The Morgan fingerprint density at radius 2 is 1.76 bits per heavy atom. The number of fused-ring (bicyclic) bond motifs is 2. The van der Waals surface area contributed by atoms with E-state index in [4.69, 9.17) is 5.73 Å². The first-order valence-corrected chi connectivity index (χ1v) is 12.4. The van der Waals surface area contributed by atoms with Crippen LogP contribution >= 0.6 is 0 Å². The number of benzene rings is 2. The lowest BCUT2D eigenvalue weighted by molar-refractivity contribution is -0.142. The molecule has 37 heavy (non-hydrogen) atoms. The molecule has 4 N–H and O–H groups in total. The van der Waals surface area contributed by atoms with E-state index in [1.54, 1.807) is 11.1 Å². The van der Waals surface area contributed by atoms with Crippen molar-refractivity contribution in [1.29, 1.82) is 0 Å². The summed E-state index contributed by atoms with van der Waals surface area (Å²) < 4.78 is 0. The molecule has 3 amide bonds. The minimum Gasteiger partial charge on any atom is -0.329 e. The number of nitrogens with one attached hydrogen (secondary N) is 2. The summed E-state index contributed by atoms with van der Waals surface area (Å²) in [5, 5.41) is 5.77. The lowest BCUT2D eigenvalue weighted by Crippen LogP contribution is -2.43. The van der Waals surface area contributed by atoms with Gasteiger partial charge in [0.05, 0.1) is 6.42 Å². The van der Waals surface area contributed by atoms with Crippen LogP contribution in [0.4, 0.5) is 11.5 Å². The molecular weight excluding hydrogens is 466 g/mol. The van der Waals surface area contributed by atoms with E-state index >= 15 is 0 Å². The van der Waals surface area contributed by atoms with Gasteiger partial charge in [-0.2, -0.15) is 0 Å². The van der Waals surface area contributed by atoms with Gasteiger partial charge < -0.3 is 21.3 Å². The molecule has 0 saturated carbocycles. The maximum Gasteiger partial charge on any atom is 0.244 e. The SMILES string of the molecule is CC(C)(C)C(=O)N(CC(=O)Nc1ccc2c(c1)CC(=O)Nc1ncccc1C2)Cc1ccccc1CN. The third-order valence-electron chi connectivity index (χ3n) is 6.33. The van der Waals surface area contributed by atoms with E-state index in [9.17, 15) is 14.4 Å². The van der Waals surface area contributed by atoms with E-state index in [1.165, 1.54) is 0 Å². The highest BCUT2D eigenvalue weighted by Crippen LogP contribution is 2.26. The third-order valence-corrected chi connectivity index (χ3v) is 6.33. The first kappa shape index (κ1) is 26.0. The fourth-order valence-electron chi connectivity index (χ4n) is 4.45. The molecule has 1 aromatic heterocycles. The molecule has 8 heteroatoms. The van der Waals surface area contributed by atoms with E-state index < -0.39 is 5.41 Å². The van der Waals surface area contributed by atoms with Crippen molar-refractivity contribution in [2.45, 2.75) is 46.7 Å². The summed E-state index contributed by atoms with van der Waals surface area (Å²) in [6.07, 6.45) is 2.46. The van der Waals surface area contributed by atoms with Gasteiger partial charge >= 0.3 is 0 Å². The van der Waals surface area contributed by atoms with Crippen molar-refractivity contribution in [3.63, 3.8) is 0 Å². The number of carbonyl (C=O) groups is 3. The van der Waals surface area contributed by atoms with Crippen LogP contribution in [0.2, 0.25) is 0 Å². The molecule has 8 nitrogen and oxygen atoms in total. The minimum atomic E-state index is -0.654. The zero-order valence-electron chi connectivity index (χ0n) is 21.5. The van der Waals surface area contributed by atoms with Gasteiger partial charge in [-0.05, 0) is 46.0 Å². The van der Waals surface area contributed by atoms with Crippen molar-refractivity contribution in [2.75, 3.05) is 17.2 Å². The van der Waals surface area contributed by atoms with Crippen LogP contribution in [0.15, 0.2) is 60.8 Å². The smallest absolute Gasteiger partial charge is 0.244 e. The summed E-state index contributed by atoms with van der Waals surface area (Å²) in [4.78, 5) is 44.7. The second kappa shape index (κ2) is 10.9. The van der Waals surface area contributed by atoms with Gasteiger partial charge in [0.2, 0.25) is 17.7 Å². The highest BCUT2D eigenvalue weighted by molar-refractivity contribution is 5.96. The van der Waals surface area contributed by atoms with Crippen LogP contribution in [0, 0.1) is 5.41 Å². The van der Waals surface area contributed by atoms with Crippen molar-refractivity contribution in [1.82, 2.24) is 9.88 Å². The Hall–Kier alpha value is -4.04. The highest BCUT2D eigenvalue weighted by atomic mass is 16.2. The number of hydrogen-bond acceptors (Lipinski definition) is 5. The predicted molar refractivity (Wildman–Crippen MR) is 144 cm³/mol. The average Bonchev–Trinajstić information content (AvgIpc) is 2.84. The van der Waals surface area contributed by atoms with Crippen LogP contribution in [0.1, 0.15) is 48.6 Å². The minimum absolute atomic E-state index is 0.106. The van der Waals surface area contributed by atoms with Gasteiger partial charge in [0.1, 0.15) is 12.4 Å². The molecule has 2 aromatic carbocycles. The summed E-state index contributed by atoms with van der Waals surface area (Å²) >= 11 is 0. The number of carbonyl (C=O) groups excluding carboxylic acids is 3. The normalized spacial score (nSPS) is 12.9. The van der Waals surface area contributed by atoms with Gasteiger partial charge in [-0.25, -0.2) is 4.98 Å². The Morgan fingerprint density at radius 1 is 1.00 bits per heavy atom. The number of amides is 3. The number of rotatable bonds is 6. The second-order valence-electron chi connectivity index (χ2n) is 10.3. The largest absolute Gasteiger partial charge is 0.329 e. The van der Waals surface area contributed by atoms with Gasteiger partial charge in [-0.1, -0.05) is 57.2 Å². The fourth-order valence-corrected chi connectivity index (χ4v) is 4.45. The molecule has 192 valence electrons. The zero-order chi connectivity index (χ0) is 26.6. The molecule has 0 radical (unpaired) electrons. The summed E-state index contributed by atoms with van der Waals surface area (Å²) in [5.41, 5.74) is 10.4. The molecule has 3 aromatic rings. The molecule has 0 fully saturated rings. The van der Waals surface area contributed by atoms with E-state index in [1.807, 2.05) is 75.4 Å². The molecule has 1 aliphatic heterocycles. The molecule has 0 aliphatic carbocycles. The maximum atomic E-state index is 13.2. The monoisotopic (exact) mass is 499 g/mol. The van der Waals surface area contributed by atoms with Gasteiger partial charge in [-0.15, -0.1) is 0 Å². The molecule has 0 unspecified atom stereocenters. The lowest BCUT2D eigenvalue weighted by Gasteiger charge is -2.30. The highest BCUT2D eigenvalue weighted by Gasteiger charge is 2.29. The van der Waals surface area contributed by atoms with Crippen molar-refractivity contribution >= 4 is 29.2 Å². The van der Waals surface area contributed by atoms with Crippen LogP contribution < -0.4 is 16.4 Å². The Bertz CT molecular complexity index is 1330. The van der Waals surface area contributed by atoms with Crippen LogP contribution in [-0.4, -0.2) is 34.2 Å². The number of hydrogen-bond donors (Lipinski definition) is 3. The van der Waals surface area contributed by atoms with Crippen molar-refractivity contribution < 1.29 is 14.4 Å². The third kappa shape index (κ3) is 6.40. The lowest BCUT2D eigenvalue weighted by atomic mass is 9.94. The van der Waals surface area contributed by atoms with Crippen molar-refractivity contribution in [3.8, 4) is 0 Å². The number of pyridine rings is 1. The predicted octanol–water partition coefficient (Wildman–Crippen LogP) is 3.64. The Balaban J connectivity index is 1.53. The summed E-state index contributed by atoms with van der Waals surface area (Å²) in [5.74, 6) is -0.0236. The number of nitrogens with zero attached hydrogens (tertiary/aromatic N) is 2. The van der Waals surface area contributed by atoms with E-state index in [-0.39, 0.29) is 37.2 Å². The van der Waals surface area contributed by atoms with E-state index in [0.29, 0.717) is 24.5 Å². The Labute approximate surface area is 217 Å². The first-order valence-electron chi connectivity index (χ1n) is 12.4. The van der Waals surface area contributed by atoms with Crippen LogP contribution in [0.3, 0.4) is 0 Å². The van der Waals surface area contributed by atoms with Crippen molar-refractivity contribution in [2.24, 2.45) is 11.1 Å². The van der Waals surface area contributed by atoms with Crippen molar-refractivity contribution in [3.05, 3.63) is 88.6 Å². The molecule has 0 bridgehead atoms. The van der Waals surface area contributed by atoms with Gasteiger partial charge in [0.15, 0.2) is 0 Å². The maximum absolute atomic E-state index is 13.2. The average molecular weight is 500 g/mol. The quantitative estimate of drug-likeness (QED) is 0.479. The summed E-state index contributed by atoms with van der Waals surface area (Å²) in [7, 11) is 0. The number of nitrogens with two attached hydrogens (primary N) is 1. The summed E-state index contributed by atoms with van der Waals surface area (Å²) in [6, 6.07) is 17.0. The van der Waals surface area contributed by atoms with E-state index in [0.717, 1.165) is 27.8 Å². The first-order chi connectivity index (χ1) is 17.6. The van der Waals surface area contributed by atoms with Crippen LogP contribution in [0.25, 0.3) is 0 Å². The molecule has 1 aliphatic rings. The second-order valence-corrected chi connectivity index (χ2v) is 10.3. The molecule has 0 saturated heterocycles. The molecule has 2 heterocycles. The molecule has 0 atom stereocenters. The number of aromatic nitrogens is 1. The molecule has 0 spiro atoms. The number of anilines is 2. The topological polar surface area (TPSA) is 117 Å². The fraction of sp³-hybridized carbons (Fsp3) is 0.310. The summed E-state index contributed by atoms with van der Waals surface area (Å²) in [6.45, 7) is 6.04. The molecule has 4 rings (SSSR count). The van der Waals surface area contributed by atoms with Crippen LogP contribution in [-0.2, 0) is 40.3 Å². The Kier molecular flexibility index (Phi) is 7.69. The van der Waals surface area contributed by atoms with E-state index in [2.05, 4.69) is 15.6 Å². The van der Waals surface area contributed by atoms with Gasteiger partial charge in [0.25, 0.3) is 0 Å². The van der Waals surface area contributed by atoms with Gasteiger partial charge in [-0.3, -0.25) is 14.4 Å². The Morgan fingerprint density at radius 3 is 2.49 bits per heavy atom.